The molecule has 0 amide bonds. The van der Waals surface area contributed by atoms with E-state index in [2.05, 4.69) is 37.9 Å². The molecule has 0 spiro atoms. The molecule has 1 fully saturated rings. The third kappa shape index (κ3) is 4.89. The minimum Gasteiger partial charge on any atom is -0.312 e. The molecule has 2 heteroatoms. The summed E-state index contributed by atoms with van der Waals surface area (Å²) in [5.41, 5.74) is 0. The number of rotatable bonds is 7. The first-order valence-corrected chi connectivity index (χ1v) is 8.19. The molecule has 0 radical (unpaired) electrons. The molecule has 18 heavy (non-hydrogen) atoms. The zero-order valence-corrected chi connectivity index (χ0v) is 13.0. The van der Waals surface area contributed by atoms with Crippen molar-refractivity contribution in [2.45, 2.75) is 90.8 Å². The van der Waals surface area contributed by atoms with Crippen molar-refractivity contribution in [3.8, 4) is 0 Å². The van der Waals surface area contributed by atoms with Crippen LogP contribution >= 0.6 is 0 Å². The van der Waals surface area contributed by atoms with Gasteiger partial charge in [-0.1, -0.05) is 33.1 Å². The maximum absolute atomic E-state index is 3.81. The Balaban J connectivity index is 2.68. The van der Waals surface area contributed by atoms with Gasteiger partial charge in [-0.2, -0.15) is 0 Å². The molecule has 2 unspecified atom stereocenters. The van der Waals surface area contributed by atoms with Crippen molar-refractivity contribution in [3.05, 3.63) is 0 Å². The van der Waals surface area contributed by atoms with E-state index in [1.54, 1.807) is 0 Å². The van der Waals surface area contributed by atoms with E-state index in [0.29, 0.717) is 6.04 Å². The first-order chi connectivity index (χ1) is 8.70. The lowest BCUT2D eigenvalue weighted by molar-refractivity contribution is 0.113. The zero-order valence-electron chi connectivity index (χ0n) is 13.0. The van der Waals surface area contributed by atoms with Gasteiger partial charge in [-0.15, -0.1) is 0 Å². The van der Waals surface area contributed by atoms with Gasteiger partial charge in [0.2, 0.25) is 0 Å². The van der Waals surface area contributed by atoms with Gasteiger partial charge in [0.05, 0.1) is 0 Å². The van der Waals surface area contributed by atoms with E-state index in [-0.39, 0.29) is 0 Å². The highest BCUT2D eigenvalue weighted by molar-refractivity contribution is 4.88. The summed E-state index contributed by atoms with van der Waals surface area (Å²) in [6.45, 7) is 11.7. The highest BCUT2D eigenvalue weighted by atomic mass is 15.2. The molecule has 0 bridgehead atoms. The molecule has 2 atom stereocenters. The van der Waals surface area contributed by atoms with Crippen molar-refractivity contribution in [3.63, 3.8) is 0 Å². The van der Waals surface area contributed by atoms with Crippen molar-refractivity contribution in [2.24, 2.45) is 0 Å². The van der Waals surface area contributed by atoms with Crippen molar-refractivity contribution < 1.29 is 0 Å². The fourth-order valence-electron chi connectivity index (χ4n) is 3.32. The summed E-state index contributed by atoms with van der Waals surface area (Å²) in [7, 11) is 0. The summed E-state index contributed by atoms with van der Waals surface area (Å²) in [5.74, 6) is 0. The molecule has 0 saturated heterocycles. The second kappa shape index (κ2) is 8.92. The summed E-state index contributed by atoms with van der Waals surface area (Å²) in [6, 6.07) is 2.17. The Kier molecular flexibility index (Phi) is 7.92. The average Bonchev–Trinajstić information content (AvgIpc) is 2.58. The van der Waals surface area contributed by atoms with Crippen LogP contribution in [-0.4, -0.2) is 36.1 Å². The molecule has 2 nitrogen and oxygen atoms in total. The number of hydrogen-bond donors (Lipinski definition) is 1. The van der Waals surface area contributed by atoms with Gasteiger partial charge in [-0.3, -0.25) is 4.90 Å². The molecule has 108 valence electrons. The predicted molar refractivity (Wildman–Crippen MR) is 81.1 cm³/mol. The molecule has 1 aliphatic carbocycles. The van der Waals surface area contributed by atoms with Gasteiger partial charge in [0.1, 0.15) is 0 Å². The summed E-state index contributed by atoms with van der Waals surface area (Å²) < 4.78 is 0. The average molecular weight is 254 g/mol. The lowest BCUT2D eigenvalue weighted by atomic mass is 9.99. The van der Waals surface area contributed by atoms with E-state index in [1.165, 1.54) is 58.0 Å². The SMILES string of the molecule is CCCNC1CCCCCC1N(CCC)C(C)C. The Morgan fingerprint density at radius 3 is 2.39 bits per heavy atom. The summed E-state index contributed by atoms with van der Waals surface area (Å²) in [6.07, 6.45) is 9.54. The van der Waals surface area contributed by atoms with Crippen LogP contribution in [0.2, 0.25) is 0 Å². The molecule has 0 aromatic rings. The van der Waals surface area contributed by atoms with Crippen LogP contribution in [0.15, 0.2) is 0 Å². The lowest BCUT2D eigenvalue weighted by Crippen LogP contribution is -2.52. The van der Waals surface area contributed by atoms with Crippen LogP contribution < -0.4 is 5.32 Å². The van der Waals surface area contributed by atoms with Crippen LogP contribution in [0.5, 0.6) is 0 Å². The van der Waals surface area contributed by atoms with E-state index in [1.807, 2.05) is 0 Å². The Morgan fingerprint density at radius 1 is 1.06 bits per heavy atom. The van der Waals surface area contributed by atoms with E-state index in [0.717, 1.165) is 12.1 Å². The molecular formula is C16H34N2. The second-order valence-electron chi connectivity index (χ2n) is 6.10. The minimum atomic E-state index is 0.680. The van der Waals surface area contributed by atoms with Crippen LogP contribution in [0.1, 0.15) is 72.6 Å². The fraction of sp³-hybridized carbons (Fsp3) is 1.00. The number of hydrogen-bond acceptors (Lipinski definition) is 2. The van der Waals surface area contributed by atoms with Crippen molar-refractivity contribution in [1.29, 1.82) is 0 Å². The summed E-state index contributed by atoms with van der Waals surface area (Å²) in [4.78, 5) is 2.75. The smallest absolute Gasteiger partial charge is 0.0252 e. The van der Waals surface area contributed by atoms with Gasteiger partial charge < -0.3 is 5.32 Å². The number of nitrogens with one attached hydrogen (secondary N) is 1. The molecule has 1 N–H and O–H groups in total. The standard InChI is InChI=1S/C16H34N2/c1-5-12-17-15-10-8-7-9-11-16(15)18(13-6-2)14(3)4/h14-17H,5-13H2,1-4H3. The fourth-order valence-corrected chi connectivity index (χ4v) is 3.32. The molecule has 1 aliphatic rings. The number of nitrogens with zero attached hydrogens (tertiary/aromatic N) is 1. The van der Waals surface area contributed by atoms with Gasteiger partial charge in [0, 0.05) is 18.1 Å². The van der Waals surface area contributed by atoms with Gasteiger partial charge in [-0.05, 0) is 52.6 Å². The van der Waals surface area contributed by atoms with E-state index in [9.17, 15) is 0 Å². The van der Waals surface area contributed by atoms with Crippen LogP contribution in [0, 0.1) is 0 Å². The largest absolute Gasteiger partial charge is 0.312 e. The normalized spacial score (nSPS) is 25.7. The van der Waals surface area contributed by atoms with Gasteiger partial charge >= 0.3 is 0 Å². The molecule has 0 aliphatic heterocycles. The Hall–Kier alpha value is -0.0800. The second-order valence-corrected chi connectivity index (χ2v) is 6.10. The van der Waals surface area contributed by atoms with Crippen LogP contribution in [0.3, 0.4) is 0 Å². The molecule has 0 heterocycles. The van der Waals surface area contributed by atoms with Crippen molar-refractivity contribution in [2.75, 3.05) is 13.1 Å². The molecule has 1 rings (SSSR count). The Morgan fingerprint density at radius 2 is 1.78 bits per heavy atom. The van der Waals surface area contributed by atoms with Crippen LogP contribution in [0.4, 0.5) is 0 Å². The monoisotopic (exact) mass is 254 g/mol. The third-order valence-electron chi connectivity index (χ3n) is 4.21. The van der Waals surface area contributed by atoms with Crippen molar-refractivity contribution >= 4 is 0 Å². The quantitative estimate of drug-likeness (QED) is 0.695. The van der Waals surface area contributed by atoms with E-state index in [4.69, 9.17) is 0 Å². The lowest BCUT2D eigenvalue weighted by Gasteiger charge is -2.39. The summed E-state index contributed by atoms with van der Waals surface area (Å²) >= 11 is 0. The third-order valence-corrected chi connectivity index (χ3v) is 4.21. The Labute approximate surface area is 115 Å². The van der Waals surface area contributed by atoms with Gasteiger partial charge in [-0.25, -0.2) is 0 Å². The maximum Gasteiger partial charge on any atom is 0.0252 e. The Bertz CT molecular complexity index is 203. The van der Waals surface area contributed by atoms with Gasteiger partial charge in [0.25, 0.3) is 0 Å². The van der Waals surface area contributed by atoms with Crippen LogP contribution in [0.25, 0.3) is 0 Å². The first-order valence-electron chi connectivity index (χ1n) is 8.19. The predicted octanol–water partition coefficient (Wildman–Crippen LogP) is 3.81. The van der Waals surface area contributed by atoms with Crippen molar-refractivity contribution in [1.82, 2.24) is 10.2 Å². The highest BCUT2D eigenvalue weighted by Crippen LogP contribution is 2.24. The molecule has 0 aromatic carbocycles. The maximum atomic E-state index is 3.81. The van der Waals surface area contributed by atoms with Crippen LogP contribution in [-0.2, 0) is 0 Å². The first kappa shape index (κ1) is 16.0. The summed E-state index contributed by atoms with van der Waals surface area (Å²) in [5, 5.41) is 3.81. The topological polar surface area (TPSA) is 15.3 Å². The van der Waals surface area contributed by atoms with E-state index >= 15 is 0 Å². The molecule has 0 aromatic heterocycles. The molecular weight excluding hydrogens is 220 g/mol. The van der Waals surface area contributed by atoms with E-state index < -0.39 is 0 Å². The minimum absolute atomic E-state index is 0.680. The highest BCUT2D eigenvalue weighted by Gasteiger charge is 2.29. The molecule has 1 saturated carbocycles. The van der Waals surface area contributed by atoms with Gasteiger partial charge in [0.15, 0.2) is 0 Å². The zero-order chi connectivity index (χ0) is 13.4.